The van der Waals surface area contributed by atoms with Gasteiger partial charge in [-0.3, -0.25) is 0 Å². The highest BCUT2D eigenvalue weighted by Gasteiger charge is 2.33. The van der Waals surface area contributed by atoms with Crippen molar-refractivity contribution in [1.29, 1.82) is 0 Å². The van der Waals surface area contributed by atoms with Gasteiger partial charge in [-0.15, -0.1) is 22.9 Å². The fraction of sp³-hybridized carbons (Fsp3) is 0.692. The lowest BCUT2D eigenvalue weighted by Crippen LogP contribution is -2.42. The van der Waals surface area contributed by atoms with Gasteiger partial charge in [0.15, 0.2) is 0 Å². The van der Waals surface area contributed by atoms with Crippen molar-refractivity contribution in [3.05, 3.63) is 17.0 Å². The number of hydrogen-bond donors (Lipinski definition) is 0. The third-order valence-corrected chi connectivity index (χ3v) is 7.14. The van der Waals surface area contributed by atoms with Crippen LogP contribution in [0.3, 0.4) is 0 Å². The van der Waals surface area contributed by atoms with E-state index in [1.165, 1.54) is 15.6 Å². The minimum Gasteiger partial charge on any atom is -0.206 e. The first-order chi connectivity index (χ1) is 8.60. The molecule has 0 bridgehead atoms. The van der Waals surface area contributed by atoms with E-state index >= 15 is 0 Å². The second kappa shape index (κ2) is 6.12. The summed E-state index contributed by atoms with van der Waals surface area (Å²) < 4.78 is 26.9. The predicted octanol–water partition coefficient (Wildman–Crippen LogP) is 3.58. The van der Waals surface area contributed by atoms with Crippen LogP contribution in [0, 0.1) is 5.41 Å². The molecular weight excluding hydrogens is 302 g/mol. The predicted molar refractivity (Wildman–Crippen MR) is 82.6 cm³/mol. The maximum Gasteiger partial charge on any atom is 0.252 e. The summed E-state index contributed by atoms with van der Waals surface area (Å²) in [6, 6.07) is 3.44. The van der Waals surface area contributed by atoms with Crippen LogP contribution in [0.5, 0.6) is 0 Å². The zero-order chi connectivity index (χ0) is 14.8. The average molecular weight is 324 g/mol. The zero-order valence-corrected chi connectivity index (χ0v) is 14.5. The summed E-state index contributed by atoms with van der Waals surface area (Å²) in [6.45, 7) is 8.05. The first-order valence-electron chi connectivity index (χ1n) is 6.23. The summed E-state index contributed by atoms with van der Waals surface area (Å²) in [7, 11) is -1.77. The van der Waals surface area contributed by atoms with Crippen LogP contribution in [0.15, 0.2) is 16.3 Å². The molecule has 3 nitrogen and oxygen atoms in total. The van der Waals surface area contributed by atoms with E-state index in [9.17, 15) is 8.42 Å². The minimum absolute atomic E-state index is 0.0731. The van der Waals surface area contributed by atoms with E-state index in [2.05, 4.69) is 0 Å². The van der Waals surface area contributed by atoms with Gasteiger partial charge in [-0.25, -0.2) is 8.42 Å². The van der Waals surface area contributed by atoms with Crippen molar-refractivity contribution in [2.75, 3.05) is 12.9 Å². The largest absolute Gasteiger partial charge is 0.252 e. The lowest BCUT2D eigenvalue weighted by atomic mass is 9.88. The van der Waals surface area contributed by atoms with Crippen molar-refractivity contribution in [2.45, 2.75) is 44.4 Å². The summed E-state index contributed by atoms with van der Waals surface area (Å²) >= 11 is 6.99. The van der Waals surface area contributed by atoms with Crippen molar-refractivity contribution in [3.63, 3.8) is 0 Å². The Bertz CT molecular complexity index is 517. The van der Waals surface area contributed by atoms with Gasteiger partial charge in [0.1, 0.15) is 4.21 Å². The Morgan fingerprint density at radius 1 is 1.37 bits per heavy atom. The molecule has 1 rings (SSSR count). The normalized spacial score (nSPS) is 14.9. The van der Waals surface area contributed by atoms with E-state index in [1.54, 1.807) is 13.1 Å². The fourth-order valence-electron chi connectivity index (χ4n) is 1.62. The van der Waals surface area contributed by atoms with E-state index in [4.69, 9.17) is 11.6 Å². The van der Waals surface area contributed by atoms with Crippen LogP contribution >= 0.6 is 22.9 Å². The Hall–Kier alpha value is -0.100. The quantitative estimate of drug-likeness (QED) is 0.777. The molecule has 0 saturated carbocycles. The molecule has 110 valence electrons. The maximum absolute atomic E-state index is 12.5. The maximum atomic E-state index is 12.5. The molecule has 1 aromatic heterocycles. The number of hydrogen-bond acceptors (Lipinski definition) is 3. The Labute approximate surface area is 125 Å². The molecule has 1 heterocycles. The fourth-order valence-corrected chi connectivity index (χ4v) is 5.02. The average Bonchev–Trinajstić information content (AvgIpc) is 2.75. The Morgan fingerprint density at radius 3 is 2.42 bits per heavy atom. The lowest BCUT2D eigenvalue weighted by molar-refractivity contribution is 0.217. The van der Waals surface area contributed by atoms with E-state index < -0.39 is 10.0 Å². The molecule has 0 aliphatic rings. The van der Waals surface area contributed by atoms with Gasteiger partial charge in [-0.1, -0.05) is 20.8 Å². The highest BCUT2D eigenvalue weighted by Crippen LogP contribution is 2.30. The molecule has 1 unspecified atom stereocenters. The van der Waals surface area contributed by atoms with Crippen molar-refractivity contribution in [1.82, 2.24) is 4.31 Å². The van der Waals surface area contributed by atoms with Crippen LogP contribution in [-0.2, 0) is 16.4 Å². The van der Waals surface area contributed by atoms with Gasteiger partial charge in [0.2, 0.25) is 0 Å². The van der Waals surface area contributed by atoms with E-state index in [-0.39, 0.29) is 11.5 Å². The van der Waals surface area contributed by atoms with Crippen molar-refractivity contribution < 1.29 is 8.42 Å². The van der Waals surface area contributed by atoms with Crippen LogP contribution in [0.4, 0.5) is 0 Å². The SMILES string of the molecule is CC(N(C)S(=O)(=O)c1ccc(CCCl)s1)C(C)(C)C. The first-order valence-corrected chi connectivity index (χ1v) is 9.02. The second-order valence-electron chi connectivity index (χ2n) is 5.72. The third kappa shape index (κ3) is 3.94. The molecule has 0 N–H and O–H groups in total. The van der Waals surface area contributed by atoms with Crippen molar-refractivity contribution in [2.24, 2.45) is 5.41 Å². The van der Waals surface area contributed by atoms with Crippen LogP contribution in [0.1, 0.15) is 32.6 Å². The smallest absolute Gasteiger partial charge is 0.206 e. The molecule has 1 aromatic rings. The van der Waals surface area contributed by atoms with Gasteiger partial charge in [-0.2, -0.15) is 4.31 Å². The highest BCUT2D eigenvalue weighted by molar-refractivity contribution is 7.91. The molecule has 0 amide bonds. The van der Waals surface area contributed by atoms with Gasteiger partial charge >= 0.3 is 0 Å². The molecule has 0 aliphatic heterocycles. The number of aryl methyl sites for hydroxylation is 1. The molecule has 19 heavy (non-hydrogen) atoms. The molecule has 1 atom stereocenters. The van der Waals surface area contributed by atoms with Gasteiger partial charge in [0.25, 0.3) is 10.0 Å². The van der Waals surface area contributed by atoms with Crippen LogP contribution in [-0.4, -0.2) is 31.7 Å². The minimum atomic E-state index is -3.41. The Morgan fingerprint density at radius 2 is 1.95 bits per heavy atom. The first kappa shape index (κ1) is 17.0. The van der Waals surface area contributed by atoms with E-state index in [0.717, 1.165) is 4.88 Å². The number of thiophene rings is 1. The molecule has 0 spiro atoms. The number of alkyl halides is 1. The molecule has 0 radical (unpaired) electrons. The number of halogens is 1. The van der Waals surface area contributed by atoms with Gasteiger partial charge in [0.05, 0.1) is 0 Å². The van der Waals surface area contributed by atoms with Gasteiger partial charge in [-0.05, 0) is 30.9 Å². The highest BCUT2D eigenvalue weighted by atomic mass is 35.5. The monoisotopic (exact) mass is 323 g/mol. The number of sulfonamides is 1. The molecule has 0 aromatic carbocycles. The molecule has 6 heteroatoms. The van der Waals surface area contributed by atoms with Gasteiger partial charge < -0.3 is 0 Å². The number of nitrogens with zero attached hydrogens (tertiary/aromatic N) is 1. The zero-order valence-electron chi connectivity index (χ0n) is 12.1. The summed E-state index contributed by atoms with van der Waals surface area (Å²) in [5.41, 5.74) is -0.0992. The van der Waals surface area contributed by atoms with Crippen molar-refractivity contribution in [3.8, 4) is 0 Å². The third-order valence-electron chi connectivity index (χ3n) is 3.41. The van der Waals surface area contributed by atoms with Crippen LogP contribution in [0.2, 0.25) is 0 Å². The summed E-state index contributed by atoms with van der Waals surface area (Å²) in [5, 5.41) is 0. The standard InChI is InChI=1S/C13H22ClNO2S2/c1-10(13(2,3)4)15(5)19(16,17)12-7-6-11(18-12)8-9-14/h6-7,10H,8-9H2,1-5H3. The second-order valence-corrected chi connectivity index (χ2v) is 9.49. The van der Waals surface area contributed by atoms with E-state index in [0.29, 0.717) is 16.5 Å². The molecule has 0 aliphatic carbocycles. The van der Waals surface area contributed by atoms with Crippen LogP contribution < -0.4 is 0 Å². The topological polar surface area (TPSA) is 37.4 Å². The van der Waals surface area contributed by atoms with Crippen LogP contribution in [0.25, 0.3) is 0 Å². The number of rotatable bonds is 5. The molecule has 0 saturated heterocycles. The molecule has 0 fully saturated rings. The Balaban J connectivity index is 3.02. The molecular formula is C13H22ClNO2S2. The Kier molecular flexibility index (Phi) is 5.46. The summed E-state index contributed by atoms with van der Waals surface area (Å²) in [5.74, 6) is 0.508. The van der Waals surface area contributed by atoms with Gasteiger partial charge in [0, 0.05) is 23.8 Å². The summed E-state index contributed by atoms with van der Waals surface area (Å²) in [4.78, 5) is 1.00. The van der Waals surface area contributed by atoms with Crippen molar-refractivity contribution >= 4 is 33.0 Å². The summed E-state index contributed by atoms with van der Waals surface area (Å²) in [6.07, 6.45) is 0.709. The van der Waals surface area contributed by atoms with E-state index in [1.807, 2.05) is 33.8 Å². The lowest BCUT2D eigenvalue weighted by Gasteiger charge is -2.34.